The van der Waals surface area contributed by atoms with Crippen molar-refractivity contribution in [1.82, 2.24) is 0 Å². The van der Waals surface area contributed by atoms with Crippen LogP contribution in [0.15, 0.2) is 42.5 Å². The third-order valence-corrected chi connectivity index (χ3v) is 5.43. The summed E-state index contributed by atoms with van der Waals surface area (Å²) in [4.78, 5) is 12.8. The Morgan fingerprint density at radius 1 is 1.15 bits per heavy atom. The van der Waals surface area contributed by atoms with E-state index in [9.17, 15) is 17.6 Å². The normalized spacial score (nSPS) is 12.5. The van der Waals surface area contributed by atoms with Gasteiger partial charge in [-0.05, 0) is 42.8 Å². The Hall–Kier alpha value is -1.83. The molecule has 0 radical (unpaired) electrons. The number of halogens is 3. The van der Waals surface area contributed by atoms with Crippen LogP contribution in [0.2, 0.25) is 10.0 Å². The van der Waals surface area contributed by atoms with Gasteiger partial charge in [0.1, 0.15) is 11.9 Å². The van der Waals surface area contributed by atoms with Gasteiger partial charge in [-0.1, -0.05) is 36.2 Å². The molecule has 0 aliphatic rings. The van der Waals surface area contributed by atoms with Crippen LogP contribution >= 0.6 is 23.2 Å². The molecule has 2 rings (SSSR count). The third kappa shape index (κ3) is 4.66. The second kappa shape index (κ2) is 8.24. The summed E-state index contributed by atoms with van der Waals surface area (Å²) >= 11 is 12.1. The van der Waals surface area contributed by atoms with Gasteiger partial charge in [-0.3, -0.25) is 9.10 Å². The lowest BCUT2D eigenvalue weighted by Gasteiger charge is -2.30. The molecule has 0 fully saturated rings. The molecule has 0 aromatic heterocycles. The maximum Gasteiger partial charge on any atom is 0.248 e. The first-order valence-corrected chi connectivity index (χ1v) is 10.3. The van der Waals surface area contributed by atoms with Crippen molar-refractivity contribution in [3.8, 4) is 0 Å². The van der Waals surface area contributed by atoms with Gasteiger partial charge in [-0.15, -0.1) is 0 Å². The van der Waals surface area contributed by atoms with E-state index in [1.54, 1.807) is 25.1 Å². The quantitative estimate of drug-likeness (QED) is 0.759. The molecule has 0 saturated heterocycles. The third-order valence-electron chi connectivity index (χ3n) is 3.62. The van der Waals surface area contributed by atoms with E-state index in [2.05, 4.69) is 5.32 Å². The highest BCUT2D eigenvalue weighted by atomic mass is 35.5. The fourth-order valence-electron chi connectivity index (χ4n) is 2.47. The number of carbonyl (C=O) groups excluding carboxylic acids is 1. The number of nitrogens with one attached hydrogen (secondary N) is 1. The number of amides is 1. The maximum atomic E-state index is 13.2. The van der Waals surface area contributed by atoms with Crippen molar-refractivity contribution >= 4 is 50.5 Å². The maximum absolute atomic E-state index is 13.2. The van der Waals surface area contributed by atoms with Crippen LogP contribution in [0.3, 0.4) is 0 Å². The summed E-state index contributed by atoms with van der Waals surface area (Å²) in [5, 5.41) is 3.04. The van der Waals surface area contributed by atoms with Gasteiger partial charge in [0.15, 0.2) is 0 Å². The lowest BCUT2D eigenvalue weighted by molar-refractivity contribution is -0.117. The number of sulfonamides is 1. The van der Waals surface area contributed by atoms with E-state index in [0.29, 0.717) is 0 Å². The molecule has 2 aromatic rings. The zero-order chi connectivity index (χ0) is 19.5. The number of hydrogen-bond donors (Lipinski definition) is 1. The second-order valence-corrected chi connectivity index (χ2v) is 8.22. The Balaban J connectivity index is 2.41. The van der Waals surface area contributed by atoms with Gasteiger partial charge in [0.25, 0.3) is 0 Å². The summed E-state index contributed by atoms with van der Waals surface area (Å²) < 4.78 is 38.8. The first-order chi connectivity index (χ1) is 12.1. The lowest BCUT2D eigenvalue weighted by Crippen LogP contribution is -2.47. The molecule has 1 atom stereocenters. The van der Waals surface area contributed by atoms with Gasteiger partial charge in [-0.25, -0.2) is 12.8 Å². The van der Waals surface area contributed by atoms with Crippen molar-refractivity contribution in [2.24, 2.45) is 0 Å². The van der Waals surface area contributed by atoms with Crippen molar-refractivity contribution in [2.45, 2.75) is 19.4 Å². The fourth-order valence-corrected chi connectivity index (χ4v) is 4.18. The molecule has 0 bridgehead atoms. The number of rotatable bonds is 6. The first-order valence-electron chi connectivity index (χ1n) is 7.65. The number of carbonyl (C=O) groups is 1. The fraction of sp³-hybridized carbons (Fsp3) is 0.235. The largest absolute Gasteiger partial charge is 0.322 e. The van der Waals surface area contributed by atoms with E-state index in [1.807, 2.05) is 0 Å². The number of hydrogen-bond acceptors (Lipinski definition) is 3. The number of para-hydroxylation sites is 1. The van der Waals surface area contributed by atoms with E-state index in [-0.39, 0.29) is 27.8 Å². The van der Waals surface area contributed by atoms with Gasteiger partial charge in [0.05, 0.1) is 27.7 Å². The van der Waals surface area contributed by atoms with Crippen LogP contribution in [0.5, 0.6) is 0 Å². The van der Waals surface area contributed by atoms with E-state index < -0.39 is 27.8 Å². The highest BCUT2D eigenvalue weighted by Gasteiger charge is 2.32. The van der Waals surface area contributed by atoms with E-state index in [0.717, 1.165) is 22.7 Å². The minimum Gasteiger partial charge on any atom is -0.322 e. The zero-order valence-corrected chi connectivity index (χ0v) is 16.4. The molecule has 1 N–H and O–H groups in total. The van der Waals surface area contributed by atoms with Gasteiger partial charge < -0.3 is 5.32 Å². The van der Waals surface area contributed by atoms with Crippen LogP contribution in [0, 0.1) is 5.82 Å². The van der Waals surface area contributed by atoms with Crippen LogP contribution < -0.4 is 9.62 Å². The van der Waals surface area contributed by atoms with Gasteiger partial charge >= 0.3 is 0 Å². The molecule has 9 heteroatoms. The molecule has 2 aromatic carbocycles. The summed E-state index contributed by atoms with van der Waals surface area (Å²) in [6.45, 7) is 1.67. The molecular formula is C17H17Cl2FN2O3S. The average Bonchev–Trinajstić information content (AvgIpc) is 2.56. The topological polar surface area (TPSA) is 66.5 Å². The molecular weight excluding hydrogens is 402 g/mol. The molecule has 5 nitrogen and oxygen atoms in total. The Labute approximate surface area is 161 Å². The zero-order valence-electron chi connectivity index (χ0n) is 14.0. The number of benzene rings is 2. The van der Waals surface area contributed by atoms with Gasteiger partial charge in [0, 0.05) is 0 Å². The van der Waals surface area contributed by atoms with Gasteiger partial charge in [-0.2, -0.15) is 0 Å². The summed E-state index contributed by atoms with van der Waals surface area (Å²) in [6.07, 6.45) is 1.16. The Kier molecular flexibility index (Phi) is 6.49. The summed E-state index contributed by atoms with van der Waals surface area (Å²) in [7, 11) is -3.82. The predicted octanol–water partition coefficient (Wildman–Crippen LogP) is 4.32. The smallest absolute Gasteiger partial charge is 0.248 e. The SMILES string of the molecule is CCC(C(=O)Nc1c(Cl)cccc1Cl)N(c1ccc(F)cc1)S(C)(=O)=O. The highest BCUT2D eigenvalue weighted by molar-refractivity contribution is 7.92. The van der Waals surface area contributed by atoms with Crippen LogP contribution in [0.25, 0.3) is 0 Å². The van der Waals surface area contributed by atoms with Crippen LogP contribution in [-0.4, -0.2) is 26.6 Å². The van der Waals surface area contributed by atoms with E-state index >= 15 is 0 Å². The van der Waals surface area contributed by atoms with E-state index in [4.69, 9.17) is 23.2 Å². The predicted molar refractivity (Wildman–Crippen MR) is 103 cm³/mol. The molecule has 0 saturated carbocycles. The van der Waals surface area contributed by atoms with E-state index in [1.165, 1.54) is 12.1 Å². The average molecular weight is 419 g/mol. The second-order valence-electron chi connectivity index (χ2n) is 5.55. The minimum absolute atomic E-state index is 0.179. The monoisotopic (exact) mass is 418 g/mol. The van der Waals surface area contributed by atoms with Gasteiger partial charge in [0.2, 0.25) is 15.9 Å². The molecule has 26 heavy (non-hydrogen) atoms. The summed E-state index contributed by atoms with van der Waals surface area (Å²) in [6, 6.07) is 8.52. The van der Waals surface area contributed by atoms with Crippen molar-refractivity contribution in [3.63, 3.8) is 0 Å². The Bertz CT molecular complexity index is 884. The molecule has 0 spiro atoms. The van der Waals surface area contributed by atoms with Crippen LogP contribution in [0.4, 0.5) is 15.8 Å². The standard InChI is InChI=1S/C17H17Cl2FN2O3S/c1-3-15(17(23)21-16-13(18)5-4-6-14(16)19)22(26(2,24)25)12-9-7-11(20)8-10-12/h4-10,15H,3H2,1-2H3,(H,21,23). The lowest BCUT2D eigenvalue weighted by atomic mass is 10.1. The first kappa shape index (κ1) is 20.5. The minimum atomic E-state index is -3.82. The van der Waals surface area contributed by atoms with Crippen molar-refractivity contribution in [2.75, 3.05) is 15.9 Å². The summed E-state index contributed by atoms with van der Waals surface area (Å²) in [5.41, 5.74) is 0.382. The van der Waals surface area contributed by atoms with Crippen molar-refractivity contribution in [1.29, 1.82) is 0 Å². The molecule has 0 aliphatic heterocycles. The molecule has 1 unspecified atom stereocenters. The Morgan fingerprint density at radius 2 is 1.69 bits per heavy atom. The number of anilines is 2. The summed E-state index contributed by atoms with van der Waals surface area (Å²) in [5.74, 6) is -1.11. The molecule has 0 heterocycles. The molecule has 1 amide bonds. The molecule has 140 valence electrons. The Morgan fingerprint density at radius 3 is 2.15 bits per heavy atom. The highest BCUT2D eigenvalue weighted by Crippen LogP contribution is 2.31. The van der Waals surface area contributed by atoms with Crippen LogP contribution in [0.1, 0.15) is 13.3 Å². The van der Waals surface area contributed by atoms with Crippen molar-refractivity contribution in [3.05, 3.63) is 58.3 Å². The van der Waals surface area contributed by atoms with Crippen LogP contribution in [-0.2, 0) is 14.8 Å². The number of nitrogens with zero attached hydrogens (tertiary/aromatic N) is 1. The molecule has 0 aliphatic carbocycles. The van der Waals surface area contributed by atoms with Crippen molar-refractivity contribution < 1.29 is 17.6 Å².